The molecule has 0 saturated heterocycles. The van der Waals surface area contributed by atoms with Crippen LogP contribution in [0.15, 0.2) is 18.2 Å². The first kappa shape index (κ1) is 14.4. The van der Waals surface area contributed by atoms with Crippen LogP contribution < -0.4 is 10.6 Å². The average Bonchev–Trinajstić information content (AvgIpc) is 3.10. The molecule has 2 fully saturated rings. The molecule has 1 amide bonds. The summed E-state index contributed by atoms with van der Waals surface area (Å²) in [5.74, 6) is 3.10. The predicted octanol–water partition coefficient (Wildman–Crippen LogP) is 3.07. The summed E-state index contributed by atoms with van der Waals surface area (Å²) in [7, 11) is 0. The molecule has 4 atom stereocenters. The van der Waals surface area contributed by atoms with Gasteiger partial charge in [-0.1, -0.05) is 12.5 Å². The van der Waals surface area contributed by atoms with Crippen molar-refractivity contribution >= 4 is 11.7 Å². The van der Waals surface area contributed by atoms with Crippen LogP contribution in [0.4, 0.5) is 5.82 Å². The van der Waals surface area contributed by atoms with E-state index < -0.39 is 0 Å². The van der Waals surface area contributed by atoms with Crippen molar-refractivity contribution in [3.05, 3.63) is 23.9 Å². The van der Waals surface area contributed by atoms with Crippen LogP contribution in [-0.4, -0.2) is 23.5 Å². The molecule has 2 aliphatic carbocycles. The molecule has 3 rings (SSSR count). The number of rotatable bonds is 5. The van der Waals surface area contributed by atoms with Crippen LogP contribution in [0.25, 0.3) is 0 Å². The van der Waals surface area contributed by atoms with E-state index in [1.165, 1.54) is 25.7 Å². The van der Waals surface area contributed by atoms with Crippen LogP contribution in [0.3, 0.4) is 0 Å². The second kappa shape index (κ2) is 6.04. The van der Waals surface area contributed by atoms with Crippen LogP contribution in [0.5, 0.6) is 0 Å². The Morgan fingerprint density at radius 3 is 2.90 bits per heavy atom. The lowest BCUT2D eigenvalue weighted by Crippen LogP contribution is -2.40. The number of nitrogens with one attached hydrogen (secondary N) is 2. The van der Waals surface area contributed by atoms with Crippen molar-refractivity contribution < 1.29 is 4.79 Å². The summed E-state index contributed by atoms with van der Waals surface area (Å²) >= 11 is 0. The molecule has 1 heterocycles. The summed E-state index contributed by atoms with van der Waals surface area (Å²) in [5, 5.41) is 6.31. The summed E-state index contributed by atoms with van der Waals surface area (Å²) in [6, 6.07) is 5.79. The van der Waals surface area contributed by atoms with Gasteiger partial charge in [-0.3, -0.25) is 4.79 Å². The summed E-state index contributed by atoms with van der Waals surface area (Å²) in [5.41, 5.74) is 0.503. The molecule has 4 unspecified atom stereocenters. The second-order valence-corrected chi connectivity index (χ2v) is 6.54. The summed E-state index contributed by atoms with van der Waals surface area (Å²) in [6.07, 6.45) is 5.41. The first-order valence-electron chi connectivity index (χ1n) is 8.19. The third kappa shape index (κ3) is 3.04. The van der Waals surface area contributed by atoms with Crippen LogP contribution in [-0.2, 0) is 0 Å². The maximum absolute atomic E-state index is 12.4. The molecule has 0 radical (unpaired) electrons. The second-order valence-electron chi connectivity index (χ2n) is 6.54. The summed E-state index contributed by atoms with van der Waals surface area (Å²) in [4.78, 5) is 16.7. The Hall–Kier alpha value is -1.58. The normalized spacial score (nSPS) is 28.4. The highest BCUT2D eigenvalue weighted by atomic mass is 16.1. The van der Waals surface area contributed by atoms with Crippen molar-refractivity contribution in [2.75, 3.05) is 11.9 Å². The topological polar surface area (TPSA) is 54.0 Å². The number of fused-ring (bicyclic) bond motifs is 2. The van der Waals surface area contributed by atoms with Crippen LogP contribution in [0.2, 0.25) is 0 Å². The van der Waals surface area contributed by atoms with Gasteiger partial charge in [-0.2, -0.15) is 0 Å². The highest BCUT2D eigenvalue weighted by molar-refractivity contribution is 5.92. The minimum absolute atomic E-state index is 0.0509. The smallest absolute Gasteiger partial charge is 0.270 e. The first-order chi connectivity index (χ1) is 10.2. The van der Waals surface area contributed by atoms with Crippen molar-refractivity contribution in [2.24, 2.45) is 17.8 Å². The maximum Gasteiger partial charge on any atom is 0.270 e. The van der Waals surface area contributed by atoms with E-state index in [1.54, 1.807) is 6.07 Å². The maximum atomic E-state index is 12.4. The van der Waals surface area contributed by atoms with E-state index in [2.05, 4.69) is 22.5 Å². The Labute approximate surface area is 126 Å². The molecule has 4 heteroatoms. The van der Waals surface area contributed by atoms with Crippen LogP contribution >= 0.6 is 0 Å². The average molecular weight is 287 g/mol. The number of anilines is 1. The molecule has 0 aliphatic heterocycles. The monoisotopic (exact) mass is 287 g/mol. The van der Waals surface area contributed by atoms with Crippen LogP contribution in [0, 0.1) is 17.8 Å². The molecule has 0 spiro atoms. The van der Waals surface area contributed by atoms with Crippen molar-refractivity contribution in [2.45, 2.75) is 45.6 Å². The zero-order chi connectivity index (χ0) is 14.8. The van der Waals surface area contributed by atoms with Gasteiger partial charge in [0.25, 0.3) is 5.91 Å². The molecule has 1 aromatic rings. The van der Waals surface area contributed by atoms with Gasteiger partial charge in [-0.25, -0.2) is 4.98 Å². The summed E-state index contributed by atoms with van der Waals surface area (Å²) < 4.78 is 0. The Morgan fingerprint density at radius 2 is 2.24 bits per heavy atom. The zero-order valence-electron chi connectivity index (χ0n) is 12.9. The van der Waals surface area contributed by atoms with Gasteiger partial charge in [0.05, 0.1) is 0 Å². The van der Waals surface area contributed by atoms with E-state index in [1.807, 2.05) is 19.1 Å². The summed E-state index contributed by atoms with van der Waals surface area (Å²) in [6.45, 7) is 4.97. The molecular formula is C17H25N3O. The quantitative estimate of drug-likeness (QED) is 0.875. The number of carbonyl (C=O) groups excluding carboxylic acids is 1. The largest absolute Gasteiger partial charge is 0.370 e. The molecule has 21 heavy (non-hydrogen) atoms. The standard InChI is InChI=1S/C17H25N3O/c1-3-18-16-6-4-5-15(20-16)17(21)19-11(2)14-10-12-7-8-13(14)9-12/h4-6,11-14H,3,7-10H2,1-2H3,(H,18,20)(H,19,21). The predicted molar refractivity (Wildman–Crippen MR) is 84.3 cm³/mol. The van der Waals surface area contributed by atoms with Gasteiger partial charge < -0.3 is 10.6 Å². The molecule has 2 bridgehead atoms. The molecular weight excluding hydrogens is 262 g/mol. The van der Waals surface area contributed by atoms with Crippen molar-refractivity contribution in [1.82, 2.24) is 10.3 Å². The Balaban J connectivity index is 1.61. The Bertz CT molecular complexity index is 517. The third-order valence-corrected chi connectivity index (χ3v) is 5.13. The van der Waals surface area contributed by atoms with E-state index in [4.69, 9.17) is 0 Å². The lowest BCUT2D eigenvalue weighted by atomic mass is 9.84. The van der Waals surface area contributed by atoms with Gasteiger partial charge in [0.1, 0.15) is 11.5 Å². The fraction of sp³-hybridized carbons (Fsp3) is 0.647. The molecule has 114 valence electrons. The van der Waals surface area contributed by atoms with E-state index in [9.17, 15) is 4.79 Å². The van der Waals surface area contributed by atoms with Crippen molar-refractivity contribution in [3.63, 3.8) is 0 Å². The number of hydrogen-bond donors (Lipinski definition) is 2. The molecule has 2 aliphatic rings. The highest BCUT2D eigenvalue weighted by Crippen LogP contribution is 2.49. The van der Waals surface area contributed by atoms with Gasteiger partial charge in [0, 0.05) is 12.6 Å². The SMILES string of the molecule is CCNc1cccc(C(=O)NC(C)C2CC3CCC2C3)n1. The van der Waals surface area contributed by atoms with Gasteiger partial charge >= 0.3 is 0 Å². The van der Waals surface area contributed by atoms with E-state index in [0.717, 1.165) is 24.2 Å². The third-order valence-electron chi connectivity index (χ3n) is 5.13. The van der Waals surface area contributed by atoms with Gasteiger partial charge in [-0.05, 0) is 63.0 Å². The fourth-order valence-corrected chi connectivity index (χ4v) is 4.13. The van der Waals surface area contributed by atoms with Gasteiger partial charge in [0.15, 0.2) is 0 Å². The van der Waals surface area contributed by atoms with Crippen molar-refractivity contribution in [1.29, 1.82) is 0 Å². The van der Waals surface area contributed by atoms with E-state index in [-0.39, 0.29) is 11.9 Å². The number of amides is 1. The van der Waals surface area contributed by atoms with Crippen molar-refractivity contribution in [3.8, 4) is 0 Å². The van der Waals surface area contributed by atoms with Crippen LogP contribution in [0.1, 0.15) is 50.0 Å². The molecule has 2 saturated carbocycles. The molecule has 1 aromatic heterocycles. The number of aromatic nitrogens is 1. The Kier molecular flexibility index (Phi) is 4.13. The minimum Gasteiger partial charge on any atom is -0.370 e. The molecule has 2 N–H and O–H groups in total. The molecule has 0 aromatic carbocycles. The van der Waals surface area contributed by atoms with Gasteiger partial charge in [-0.15, -0.1) is 0 Å². The first-order valence-corrected chi connectivity index (χ1v) is 8.19. The number of pyridine rings is 1. The highest BCUT2D eigenvalue weighted by Gasteiger charge is 2.42. The number of hydrogen-bond acceptors (Lipinski definition) is 3. The minimum atomic E-state index is -0.0509. The number of carbonyl (C=O) groups is 1. The van der Waals surface area contributed by atoms with Gasteiger partial charge in [0.2, 0.25) is 0 Å². The Morgan fingerprint density at radius 1 is 1.38 bits per heavy atom. The van der Waals surface area contributed by atoms with E-state index in [0.29, 0.717) is 11.6 Å². The lowest BCUT2D eigenvalue weighted by Gasteiger charge is -2.28. The molecule has 4 nitrogen and oxygen atoms in total. The zero-order valence-corrected chi connectivity index (χ0v) is 12.9. The number of nitrogens with zero attached hydrogens (tertiary/aromatic N) is 1. The lowest BCUT2D eigenvalue weighted by molar-refractivity contribution is 0.0910. The fourth-order valence-electron chi connectivity index (χ4n) is 4.13. The van der Waals surface area contributed by atoms with E-state index >= 15 is 0 Å².